The average Bonchev–Trinajstić information content (AvgIpc) is 2.62. The molecule has 2 aromatic rings. The summed E-state index contributed by atoms with van der Waals surface area (Å²) in [6.07, 6.45) is 0. The maximum absolute atomic E-state index is 13.1. The van der Waals surface area contributed by atoms with Crippen molar-refractivity contribution >= 4 is 15.9 Å². The standard InChI is InChI=1S/C19H22N2O3S/c1-14(2)15-8-10-17(11-9-15)25(23,24)21-13-19(22)20-12-18(21)16-6-4-3-5-7-16/h3-11,14,18H,12-13H2,1-2H3,(H,20,22). The molecule has 1 atom stereocenters. The number of hydrogen-bond donors (Lipinski definition) is 1. The number of piperazine rings is 1. The van der Waals surface area contributed by atoms with Crippen molar-refractivity contribution in [2.45, 2.75) is 30.7 Å². The highest BCUT2D eigenvalue weighted by Gasteiger charge is 2.37. The average molecular weight is 358 g/mol. The lowest BCUT2D eigenvalue weighted by Crippen LogP contribution is -2.51. The van der Waals surface area contributed by atoms with Crippen LogP contribution in [0.1, 0.15) is 36.9 Å². The molecule has 1 fully saturated rings. The third-order valence-corrected chi connectivity index (χ3v) is 6.35. The second-order valence-corrected chi connectivity index (χ2v) is 8.40. The highest BCUT2D eigenvalue weighted by Crippen LogP contribution is 2.29. The normalized spacial score (nSPS) is 19.0. The minimum atomic E-state index is -3.76. The summed E-state index contributed by atoms with van der Waals surface area (Å²) < 4.78 is 27.6. The Balaban J connectivity index is 1.98. The Morgan fingerprint density at radius 2 is 1.68 bits per heavy atom. The molecule has 1 heterocycles. The van der Waals surface area contributed by atoms with Gasteiger partial charge in [0.25, 0.3) is 0 Å². The molecular formula is C19H22N2O3S. The second kappa shape index (κ2) is 6.98. The van der Waals surface area contributed by atoms with E-state index in [1.807, 2.05) is 42.5 Å². The number of carbonyl (C=O) groups is 1. The molecule has 0 saturated carbocycles. The topological polar surface area (TPSA) is 66.5 Å². The quantitative estimate of drug-likeness (QED) is 0.914. The Morgan fingerprint density at radius 3 is 2.28 bits per heavy atom. The minimum Gasteiger partial charge on any atom is -0.353 e. The van der Waals surface area contributed by atoms with E-state index in [9.17, 15) is 13.2 Å². The third kappa shape index (κ3) is 3.60. The second-order valence-electron chi connectivity index (χ2n) is 6.50. The summed E-state index contributed by atoms with van der Waals surface area (Å²) in [7, 11) is -3.76. The van der Waals surface area contributed by atoms with Crippen LogP contribution in [0.25, 0.3) is 0 Å². The summed E-state index contributed by atoms with van der Waals surface area (Å²) in [5.74, 6) is 0.0455. The molecular weight excluding hydrogens is 336 g/mol. The molecule has 0 radical (unpaired) electrons. The van der Waals surface area contributed by atoms with Crippen molar-refractivity contribution in [1.29, 1.82) is 0 Å². The first-order valence-electron chi connectivity index (χ1n) is 8.33. The zero-order valence-corrected chi connectivity index (χ0v) is 15.2. The van der Waals surface area contributed by atoms with Crippen LogP contribution in [0.3, 0.4) is 0 Å². The van der Waals surface area contributed by atoms with Crippen molar-refractivity contribution in [2.75, 3.05) is 13.1 Å². The highest BCUT2D eigenvalue weighted by atomic mass is 32.2. The van der Waals surface area contributed by atoms with Crippen molar-refractivity contribution in [2.24, 2.45) is 0 Å². The van der Waals surface area contributed by atoms with Gasteiger partial charge in [0.2, 0.25) is 15.9 Å². The number of benzene rings is 2. The molecule has 1 N–H and O–H groups in total. The Kier molecular flexibility index (Phi) is 4.92. The lowest BCUT2D eigenvalue weighted by molar-refractivity contribution is -0.123. The van der Waals surface area contributed by atoms with Crippen molar-refractivity contribution in [3.63, 3.8) is 0 Å². The number of nitrogens with one attached hydrogen (secondary N) is 1. The first-order valence-corrected chi connectivity index (χ1v) is 9.77. The van der Waals surface area contributed by atoms with Crippen molar-refractivity contribution in [1.82, 2.24) is 9.62 Å². The molecule has 1 unspecified atom stereocenters. The van der Waals surface area contributed by atoms with Gasteiger partial charge in [-0.05, 0) is 29.2 Å². The van der Waals surface area contributed by atoms with E-state index in [-0.39, 0.29) is 23.9 Å². The first-order chi connectivity index (χ1) is 11.9. The molecule has 1 aliphatic rings. The van der Waals surface area contributed by atoms with Gasteiger partial charge in [-0.1, -0.05) is 56.3 Å². The van der Waals surface area contributed by atoms with Gasteiger partial charge in [0.05, 0.1) is 17.5 Å². The van der Waals surface area contributed by atoms with Gasteiger partial charge in [0, 0.05) is 6.54 Å². The Hall–Kier alpha value is -2.18. The molecule has 0 bridgehead atoms. The number of nitrogens with zero attached hydrogens (tertiary/aromatic N) is 1. The van der Waals surface area contributed by atoms with Gasteiger partial charge in [-0.2, -0.15) is 4.31 Å². The summed E-state index contributed by atoms with van der Waals surface area (Å²) in [6, 6.07) is 15.9. The summed E-state index contributed by atoms with van der Waals surface area (Å²) in [4.78, 5) is 12.1. The van der Waals surface area contributed by atoms with Gasteiger partial charge in [-0.3, -0.25) is 4.79 Å². The lowest BCUT2D eigenvalue weighted by atomic mass is 10.0. The largest absolute Gasteiger partial charge is 0.353 e. The van der Waals surface area contributed by atoms with Crippen molar-refractivity contribution in [3.05, 3.63) is 65.7 Å². The molecule has 5 nitrogen and oxygen atoms in total. The SMILES string of the molecule is CC(C)c1ccc(S(=O)(=O)N2CC(=O)NCC2c2ccccc2)cc1. The van der Waals surface area contributed by atoms with Crippen LogP contribution >= 0.6 is 0 Å². The molecule has 1 aliphatic heterocycles. The fourth-order valence-corrected chi connectivity index (χ4v) is 4.56. The van der Waals surface area contributed by atoms with Crippen LogP contribution in [-0.2, 0) is 14.8 Å². The van der Waals surface area contributed by atoms with Crippen LogP contribution in [0.2, 0.25) is 0 Å². The molecule has 132 valence electrons. The third-order valence-electron chi connectivity index (χ3n) is 4.48. The predicted molar refractivity (Wildman–Crippen MR) is 96.6 cm³/mol. The van der Waals surface area contributed by atoms with Crippen LogP contribution in [0.4, 0.5) is 0 Å². The van der Waals surface area contributed by atoms with Crippen molar-refractivity contribution in [3.8, 4) is 0 Å². The molecule has 0 aromatic heterocycles. The zero-order valence-electron chi connectivity index (χ0n) is 14.3. The van der Waals surface area contributed by atoms with Crippen LogP contribution in [0, 0.1) is 0 Å². The lowest BCUT2D eigenvalue weighted by Gasteiger charge is -2.34. The summed E-state index contributed by atoms with van der Waals surface area (Å²) in [5, 5.41) is 2.76. The number of sulfonamides is 1. The molecule has 1 amide bonds. The van der Waals surface area contributed by atoms with E-state index in [1.165, 1.54) is 4.31 Å². The molecule has 0 aliphatic carbocycles. The molecule has 0 spiro atoms. The fourth-order valence-electron chi connectivity index (χ4n) is 2.99. The smallest absolute Gasteiger partial charge is 0.244 e. The van der Waals surface area contributed by atoms with Crippen LogP contribution in [0.5, 0.6) is 0 Å². The highest BCUT2D eigenvalue weighted by molar-refractivity contribution is 7.89. The molecule has 1 saturated heterocycles. The monoisotopic (exact) mass is 358 g/mol. The van der Waals surface area contributed by atoms with E-state index in [1.54, 1.807) is 12.1 Å². The molecule has 6 heteroatoms. The first kappa shape index (κ1) is 17.6. The predicted octanol–water partition coefficient (Wildman–Crippen LogP) is 2.67. The van der Waals surface area contributed by atoms with Gasteiger partial charge in [0.1, 0.15) is 0 Å². The number of carbonyl (C=O) groups excluding carboxylic acids is 1. The van der Waals surface area contributed by atoms with Gasteiger partial charge >= 0.3 is 0 Å². The Morgan fingerprint density at radius 1 is 1.04 bits per heavy atom. The maximum Gasteiger partial charge on any atom is 0.244 e. The van der Waals surface area contributed by atoms with Gasteiger partial charge in [-0.15, -0.1) is 0 Å². The molecule has 2 aromatic carbocycles. The van der Waals surface area contributed by atoms with E-state index < -0.39 is 16.1 Å². The fraction of sp³-hybridized carbons (Fsp3) is 0.316. The Labute approximate surface area is 148 Å². The molecule has 25 heavy (non-hydrogen) atoms. The Bertz CT molecular complexity index is 846. The van der Waals surface area contributed by atoms with Gasteiger partial charge < -0.3 is 5.32 Å². The van der Waals surface area contributed by atoms with E-state index in [2.05, 4.69) is 19.2 Å². The summed E-state index contributed by atoms with van der Waals surface area (Å²) in [5.41, 5.74) is 1.94. The van der Waals surface area contributed by atoms with E-state index >= 15 is 0 Å². The summed E-state index contributed by atoms with van der Waals surface area (Å²) >= 11 is 0. The van der Waals surface area contributed by atoms with Gasteiger partial charge in [-0.25, -0.2) is 8.42 Å². The zero-order chi connectivity index (χ0) is 18.0. The van der Waals surface area contributed by atoms with Crippen LogP contribution in [0.15, 0.2) is 59.5 Å². The summed E-state index contributed by atoms with van der Waals surface area (Å²) in [6.45, 7) is 4.22. The van der Waals surface area contributed by atoms with E-state index in [0.29, 0.717) is 5.92 Å². The number of hydrogen-bond acceptors (Lipinski definition) is 3. The van der Waals surface area contributed by atoms with Crippen molar-refractivity contribution < 1.29 is 13.2 Å². The number of rotatable bonds is 4. The van der Waals surface area contributed by atoms with Crippen LogP contribution < -0.4 is 5.32 Å². The maximum atomic E-state index is 13.1. The number of amides is 1. The van der Waals surface area contributed by atoms with Gasteiger partial charge in [0.15, 0.2) is 0 Å². The molecule has 3 rings (SSSR count). The minimum absolute atomic E-state index is 0.173. The van der Waals surface area contributed by atoms with E-state index in [4.69, 9.17) is 0 Å². The van der Waals surface area contributed by atoms with Crippen LogP contribution in [-0.4, -0.2) is 31.7 Å². The van der Waals surface area contributed by atoms with E-state index in [0.717, 1.165) is 11.1 Å².